The smallest absolute Gasteiger partial charge is 0.0903 e. The average molecular weight is 275 g/mol. The molecule has 2 aliphatic rings. The molecule has 0 fully saturated rings. The summed E-state index contributed by atoms with van der Waals surface area (Å²) in [6.07, 6.45) is 0. The predicted molar refractivity (Wildman–Crippen MR) is 76.2 cm³/mol. The van der Waals surface area contributed by atoms with E-state index in [9.17, 15) is 9.90 Å². The second-order valence-corrected chi connectivity index (χ2v) is 5.29. The van der Waals surface area contributed by atoms with Gasteiger partial charge in [-0.05, 0) is 37.1 Å². The first kappa shape index (κ1) is 12.0. The molecule has 4 nitrogen and oxygen atoms in total. The van der Waals surface area contributed by atoms with Crippen LogP contribution in [-0.4, -0.2) is 5.97 Å². The highest BCUT2D eigenvalue weighted by atomic mass is 16.4. The molecule has 4 heteroatoms. The van der Waals surface area contributed by atoms with Gasteiger partial charge in [0.1, 0.15) is 0 Å². The number of carboxylic acid groups (broad SMARTS) is 1. The zero-order valence-electron chi connectivity index (χ0n) is 11.6. The van der Waals surface area contributed by atoms with E-state index in [1.165, 1.54) is 0 Å². The van der Waals surface area contributed by atoms with E-state index < -0.39 is 5.97 Å². The van der Waals surface area contributed by atoms with Crippen LogP contribution in [0.4, 0.5) is 5.69 Å². The summed E-state index contributed by atoms with van der Waals surface area (Å²) >= 11 is 0. The number of fused-ring (bicyclic) bond motifs is 4. The molecule has 0 saturated carbocycles. The summed E-state index contributed by atoms with van der Waals surface area (Å²) in [6, 6.07) is 9.85. The van der Waals surface area contributed by atoms with E-state index in [0.717, 1.165) is 33.3 Å². The van der Waals surface area contributed by atoms with E-state index >= 15 is 0 Å². The highest BCUT2D eigenvalue weighted by molar-refractivity contribution is 5.96. The Morgan fingerprint density at radius 1 is 1.10 bits per heavy atom. The maximum absolute atomic E-state index is 11.2. The third kappa shape index (κ3) is 1.47. The fourth-order valence-corrected chi connectivity index (χ4v) is 3.14. The van der Waals surface area contributed by atoms with Crippen LogP contribution in [0.25, 0.3) is 16.7 Å². The van der Waals surface area contributed by atoms with E-state index in [4.69, 9.17) is 0 Å². The molecule has 2 heterocycles. The number of carbonyl (C=O) groups excluding carboxylic acids is 1. The summed E-state index contributed by atoms with van der Waals surface area (Å²) in [5.41, 5.74) is 5.52. The van der Waals surface area contributed by atoms with Crippen molar-refractivity contribution in [3.8, 4) is 11.1 Å². The Bertz CT molecular complexity index is 985. The molecule has 2 aromatic carbocycles. The van der Waals surface area contributed by atoms with Gasteiger partial charge in [0.15, 0.2) is 0 Å². The third-order valence-electron chi connectivity index (χ3n) is 4.10. The Kier molecular flexibility index (Phi) is 2.22. The summed E-state index contributed by atoms with van der Waals surface area (Å²) in [5, 5.41) is 12.8. The molecule has 4 rings (SSSR count). The van der Waals surface area contributed by atoms with E-state index in [-0.39, 0.29) is 5.70 Å². The van der Waals surface area contributed by atoms with Crippen molar-refractivity contribution in [3.63, 3.8) is 0 Å². The van der Waals surface area contributed by atoms with Crippen LogP contribution < -0.4 is 15.8 Å². The lowest BCUT2D eigenvalue weighted by Crippen LogP contribution is -2.23. The van der Waals surface area contributed by atoms with Crippen molar-refractivity contribution in [2.45, 2.75) is 13.8 Å². The minimum atomic E-state index is -1.24. The van der Waals surface area contributed by atoms with Crippen LogP contribution in [0.1, 0.15) is 18.1 Å². The first-order valence-corrected chi connectivity index (χ1v) is 6.71. The van der Waals surface area contributed by atoms with E-state index in [2.05, 4.69) is 9.98 Å². The molecular formula is C17H11N2O2-. The zero-order chi connectivity index (χ0) is 14.7. The second kappa shape index (κ2) is 3.88. The number of rotatable bonds is 1. The predicted octanol–water partition coefficient (Wildman–Crippen LogP) is 1.04. The fourth-order valence-electron chi connectivity index (χ4n) is 3.14. The number of nitrogens with zero attached hydrogens (tertiary/aromatic N) is 2. The molecule has 0 amide bonds. The lowest BCUT2D eigenvalue weighted by atomic mass is 9.96. The number of hydrogen-bond donors (Lipinski definition) is 0. The van der Waals surface area contributed by atoms with Gasteiger partial charge in [-0.25, -0.2) is 9.98 Å². The minimum Gasteiger partial charge on any atom is -0.543 e. The number of allylic oxidation sites excluding steroid dienone is 1. The average Bonchev–Trinajstić information content (AvgIpc) is 2.99. The SMILES string of the molecule is CC1=C(C(=O)[O-])N=c2cc3c(c(C)c21)=Nc1ccccc1-3. The topological polar surface area (TPSA) is 64.8 Å². The molecule has 2 aromatic rings. The molecule has 0 N–H and O–H groups in total. The Labute approximate surface area is 120 Å². The van der Waals surface area contributed by atoms with Gasteiger partial charge in [0.05, 0.1) is 28.1 Å². The van der Waals surface area contributed by atoms with Crippen LogP contribution in [0.15, 0.2) is 46.0 Å². The Hall–Kier alpha value is -2.75. The van der Waals surface area contributed by atoms with Gasteiger partial charge in [-0.3, -0.25) is 0 Å². The molecule has 0 atom stereocenters. The van der Waals surface area contributed by atoms with Gasteiger partial charge in [0.2, 0.25) is 0 Å². The van der Waals surface area contributed by atoms with Crippen molar-refractivity contribution < 1.29 is 9.90 Å². The number of carboxylic acids is 1. The summed E-state index contributed by atoms with van der Waals surface area (Å²) in [6.45, 7) is 3.73. The van der Waals surface area contributed by atoms with Gasteiger partial charge in [-0.15, -0.1) is 0 Å². The Morgan fingerprint density at radius 3 is 2.62 bits per heavy atom. The monoisotopic (exact) mass is 275 g/mol. The van der Waals surface area contributed by atoms with Crippen molar-refractivity contribution >= 4 is 17.2 Å². The van der Waals surface area contributed by atoms with Crippen LogP contribution in [0, 0.1) is 6.92 Å². The summed E-state index contributed by atoms with van der Waals surface area (Å²) in [7, 11) is 0. The van der Waals surface area contributed by atoms with Gasteiger partial charge in [0.25, 0.3) is 0 Å². The first-order valence-electron chi connectivity index (χ1n) is 6.71. The third-order valence-corrected chi connectivity index (χ3v) is 4.10. The molecule has 2 aliphatic heterocycles. The van der Waals surface area contributed by atoms with E-state index in [1.54, 1.807) is 6.92 Å². The molecule has 0 radical (unpaired) electrons. The van der Waals surface area contributed by atoms with Crippen molar-refractivity contribution in [3.05, 3.63) is 57.9 Å². The van der Waals surface area contributed by atoms with E-state index in [0.29, 0.717) is 10.9 Å². The maximum atomic E-state index is 11.2. The van der Waals surface area contributed by atoms with Crippen molar-refractivity contribution in [1.29, 1.82) is 0 Å². The number of para-hydroxylation sites is 1. The van der Waals surface area contributed by atoms with Gasteiger partial charge >= 0.3 is 0 Å². The first-order chi connectivity index (χ1) is 10.1. The van der Waals surface area contributed by atoms with Crippen LogP contribution in [0.2, 0.25) is 0 Å². The van der Waals surface area contributed by atoms with Gasteiger partial charge in [-0.2, -0.15) is 0 Å². The second-order valence-electron chi connectivity index (χ2n) is 5.29. The Balaban J connectivity index is 2.09. The zero-order valence-corrected chi connectivity index (χ0v) is 11.6. The summed E-state index contributed by atoms with van der Waals surface area (Å²) in [5.74, 6) is -1.24. The van der Waals surface area contributed by atoms with E-state index in [1.807, 2.05) is 37.3 Å². The number of benzene rings is 2. The van der Waals surface area contributed by atoms with Gasteiger partial charge in [0, 0.05) is 16.7 Å². The normalized spacial score (nSPS) is 14.2. The molecule has 0 aliphatic carbocycles. The molecule has 0 spiro atoms. The van der Waals surface area contributed by atoms with Crippen LogP contribution in [-0.2, 0) is 4.79 Å². The van der Waals surface area contributed by atoms with Crippen molar-refractivity contribution in [1.82, 2.24) is 0 Å². The lowest BCUT2D eigenvalue weighted by molar-refractivity contribution is -0.299. The van der Waals surface area contributed by atoms with Crippen LogP contribution in [0.5, 0.6) is 0 Å². The molecule has 21 heavy (non-hydrogen) atoms. The largest absolute Gasteiger partial charge is 0.543 e. The summed E-state index contributed by atoms with van der Waals surface area (Å²) < 4.78 is 0. The molecule has 0 aromatic heterocycles. The minimum absolute atomic E-state index is 0.0186. The quantitative estimate of drug-likeness (QED) is 0.666. The molecular weight excluding hydrogens is 264 g/mol. The van der Waals surface area contributed by atoms with Gasteiger partial charge in [-0.1, -0.05) is 18.2 Å². The molecule has 0 unspecified atom stereocenters. The standard InChI is InChI=1S/C17H12N2O2/c1-8-14-9(2)16(17(20)21)19-13(14)7-11-10-5-3-4-6-12(10)18-15(8)11/h3-7H,1-2H3,(H,20,21)/p-1. The van der Waals surface area contributed by atoms with Crippen LogP contribution in [0.3, 0.4) is 0 Å². The number of hydrogen-bond acceptors (Lipinski definition) is 4. The molecule has 0 bridgehead atoms. The highest BCUT2D eigenvalue weighted by Gasteiger charge is 2.22. The van der Waals surface area contributed by atoms with Crippen molar-refractivity contribution in [2.75, 3.05) is 0 Å². The lowest BCUT2D eigenvalue weighted by Gasteiger charge is -2.06. The van der Waals surface area contributed by atoms with Crippen LogP contribution >= 0.6 is 0 Å². The summed E-state index contributed by atoms with van der Waals surface area (Å²) in [4.78, 5) is 20.0. The van der Waals surface area contributed by atoms with Gasteiger partial charge < -0.3 is 9.90 Å². The number of aliphatic carboxylic acids is 1. The molecule has 0 saturated heterocycles. The fraction of sp³-hybridized carbons (Fsp3) is 0.118. The Morgan fingerprint density at radius 2 is 1.86 bits per heavy atom. The molecule has 102 valence electrons. The number of carbonyl (C=O) groups is 1. The highest BCUT2D eigenvalue weighted by Crippen LogP contribution is 2.33. The van der Waals surface area contributed by atoms with Crippen molar-refractivity contribution in [2.24, 2.45) is 9.98 Å². The maximum Gasteiger partial charge on any atom is 0.0903 e.